The Morgan fingerprint density at radius 1 is 1.28 bits per heavy atom. The van der Waals surface area contributed by atoms with Crippen molar-refractivity contribution in [2.45, 2.75) is 32.6 Å². The lowest BCUT2D eigenvalue weighted by atomic mass is 9.68. The standard InChI is InChI=1S/C22H23ClN2O4/c1-22(2)10-14-17(15(26)11-22)16(12-5-4-6-13(23)9-12)18(21(28)29-3)19-20(27)24-7-8-25(14)19/h4-6,9,16H,7-8,10-11H2,1-3H3,(H,24,27)/t16-/m0/s1. The summed E-state index contributed by atoms with van der Waals surface area (Å²) in [4.78, 5) is 40.9. The molecule has 3 aliphatic rings. The number of amides is 1. The Kier molecular flexibility index (Phi) is 4.77. The minimum absolute atomic E-state index is 0.00680. The molecule has 1 saturated heterocycles. The van der Waals surface area contributed by atoms with E-state index < -0.39 is 11.9 Å². The van der Waals surface area contributed by atoms with E-state index in [1.54, 1.807) is 18.2 Å². The molecule has 1 aliphatic carbocycles. The number of ketones is 1. The maximum Gasteiger partial charge on any atom is 0.337 e. The van der Waals surface area contributed by atoms with Crippen LogP contribution in [0.5, 0.6) is 0 Å². The van der Waals surface area contributed by atoms with Crippen molar-refractivity contribution in [1.82, 2.24) is 10.2 Å². The molecule has 1 fully saturated rings. The van der Waals surface area contributed by atoms with Gasteiger partial charge >= 0.3 is 5.97 Å². The Morgan fingerprint density at radius 3 is 2.72 bits per heavy atom. The van der Waals surface area contributed by atoms with Crippen LogP contribution in [0.25, 0.3) is 0 Å². The highest BCUT2D eigenvalue weighted by atomic mass is 35.5. The summed E-state index contributed by atoms with van der Waals surface area (Å²) in [6.45, 7) is 5.05. The van der Waals surface area contributed by atoms with Crippen LogP contribution in [0.4, 0.5) is 0 Å². The van der Waals surface area contributed by atoms with Crippen molar-refractivity contribution < 1.29 is 19.1 Å². The van der Waals surface area contributed by atoms with Gasteiger partial charge in [-0.15, -0.1) is 0 Å². The fraction of sp³-hybridized carbons (Fsp3) is 0.409. The van der Waals surface area contributed by atoms with Gasteiger partial charge in [0.15, 0.2) is 5.78 Å². The Hall–Kier alpha value is -2.60. The summed E-state index contributed by atoms with van der Waals surface area (Å²) in [5.41, 5.74) is 2.34. The highest BCUT2D eigenvalue weighted by Crippen LogP contribution is 2.50. The van der Waals surface area contributed by atoms with Gasteiger partial charge in [-0.3, -0.25) is 9.59 Å². The predicted molar refractivity (Wildman–Crippen MR) is 108 cm³/mol. The second kappa shape index (κ2) is 7.02. The molecule has 0 radical (unpaired) electrons. The highest BCUT2D eigenvalue weighted by molar-refractivity contribution is 6.30. The summed E-state index contributed by atoms with van der Waals surface area (Å²) in [5, 5.41) is 3.32. The lowest BCUT2D eigenvalue weighted by Gasteiger charge is -2.46. The van der Waals surface area contributed by atoms with Gasteiger partial charge in [-0.25, -0.2) is 4.79 Å². The second-order valence-corrected chi connectivity index (χ2v) is 8.89. The molecule has 2 aliphatic heterocycles. The van der Waals surface area contributed by atoms with Crippen LogP contribution < -0.4 is 5.32 Å². The lowest BCUT2D eigenvalue weighted by Crippen LogP contribution is -2.51. The van der Waals surface area contributed by atoms with E-state index in [4.69, 9.17) is 16.3 Å². The average Bonchev–Trinajstić information content (AvgIpc) is 2.66. The normalized spacial score (nSPS) is 23.4. The van der Waals surface area contributed by atoms with Gasteiger partial charge < -0.3 is 15.0 Å². The quantitative estimate of drug-likeness (QED) is 0.753. The number of allylic oxidation sites excluding steroid dienone is 2. The molecule has 29 heavy (non-hydrogen) atoms. The van der Waals surface area contributed by atoms with E-state index in [1.165, 1.54) is 7.11 Å². The van der Waals surface area contributed by atoms with Crippen molar-refractivity contribution >= 4 is 29.3 Å². The molecule has 0 saturated carbocycles. The summed E-state index contributed by atoms with van der Waals surface area (Å²) in [6.07, 6.45) is 1.03. The summed E-state index contributed by atoms with van der Waals surface area (Å²) < 4.78 is 5.05. The zero-order valence-corrected chi connectivity index (χ0v) is 17.4. The van der Waals surface area contributed by atoms with E-state index in [2.05, 4.69) is 5.32 Å². The molecule has 1 aromatic carbocycles. The number of benzene rings is 1. The number of nitrogens with zero attached hydrogens (tertiary/aromatic N) is 1. The van der Waals surface area contributed by atoms with E-state index >= 15 is 0 Å². The van der Waals surface area contributed by atoms with Crippen LogP contribution in [-0.4, -0.2) is 42.8 Å². The first-order valence-electron chi connectivity index (χ1n) is 9.63. The number of carbonyl (C=O) groups is 3. The molecule has 1 N–H and O–H groups in total. The van der Waals surface area contributed by atoms with Crippen LogP contribution in [0.3, 0.4) is 0 Å². The summed E-state index contributed by atoms with van der Waals surface area (Å²) in [5.74, 6) is -1.63. The third kappa shape index (κ3) is 3.25. The molecule has 1 atom stereocenters. The third-order valence-corrected chi connectivity index (χ3v) is 5.98. The number of ether oxygens (including phenoxy) is 1. The number of esters is 1. The molecular weight excluding hydrogens is 392 g/mol. The smallest absolute Gasteiger partial charge is 0.337 e. The van der Waals surface area contributed by atoms with Gasteiger partial charge in [-0.2, -0.15) is 0 Å². The molecule has 0 bridgehead atoms. The zero-order chi connectivity index (χ0) is 20.9. The number of methoxy groups -OCH3 is 1. The van der Waals surface area contributed by atoms with Crippen molar-refractivity contribution in [3.8, 4) is 0 Å². The third-order valence-electron chi connectivity index (χ3n) is 5.75. The number of rotatable bonds is 2. The van der Waals surface area contributed by atoms with Crippen LogP contribution in [-0.2, 0) is 19.1 Å². The Balaban J connectivity index is 2.03. The van der Waals surface area contributed by atoms with E-state index in [0.29, 0.717) is 42.1 Å². The SMILES string of the molecule is COC(=O)C1=C2C(=O)NCCN2C2=C(C(=O)CC(C)(C)C2)[C@@H]1c1cccc(Cl)c1. The summed E-state index contributed by atoms with van der Waals surface area (Å²) in [6, 6.07) is 7.08. The van der Waals surface area contributed by atoms with E-state index in [1.807, 2.05) is 24.8 Å². The number of piperazine rings is 1. The number of fused-ring (bicyclic) bond motifs is 2. The molecule has 6 nitrogen and oxygen atoms in total. The van der Waals surface area contributed by atoms with Crippen LogP contribution in [0.1, 0.15) is 38.2 Å². The largest absolute Gasteiger partial charge is 0.466 e. The second-order valence-electron chi connectivity index (χ2n) is 8.45. The van der Waals surface area contributed by atoms with Gasteiger partial charge in [0.05, 0.1) is 12.7 Å². The monoisotopic (exact) mass is 414 g/mol. The lowest BCUT2D eigenvalue weighted by molar-refractivity contribution is -0.137. The van der Waals surface area contributed by atoms with Gasteiger partial charge in [0.2, 0.25) is 0 Å². The van der Waals surface area contributed by atoms with Crippen molar-refractivity contribution in [2.75, 3.05) is 20.2 Å². The van der Waals surface area contributed by atoms with Crippen molar-refractivity contribution in [3.05, 3.63) is 57.4 Å². The summed E-state index contributed by atoms with van der Waals surface area (Å²) in [7, 11) is 1.28. The van der Waals surface area contributed by atoms with Gasteiger partial charge in [0, 0.05) is 41.7 Å². The van der Waals surface area contributed by atoms with Gasteiger partial charge in [-0.05, 0) is 29.5 Å². The van der Waals surface area contributed by atoms with Gasteiger partial charge in [0.25, 0.3) is 5.91 Å². The van der Waals surface area contributed by atoms with Crippen LogP contribution in [0, 0.1) is 5.41 Å². The Labute approximate surface area is 174 Å². The number of nitrogens with one attached hydrogen (secondary N) is 1. The van der Waals surface area contributed by atoms with E-state index in [-0.39, 0.29) is 28.4 Å². The predicted octanol–water partition coefficient (Wildman–Crippen LogP) is 2.94. The fourth-order valence-electron chi connectivity index (χ4n) is 4.63. The molecule has 4 rings (SSSR count). The molecule has 0 unspecified atom stereocenters. The number of hydrogen-bond donors (Lipinski definition) is 1. The van der Waals surface area contributed by atoms with Crippen molar-refractivity contribution in [1.29, 1.82) is 0 Å². The van der Waals surface area contributed by atoms with Crippen molar-refractivity contribution in [3.63, 3.8) is 0 Å². The zero-order valence-electron chi connectivity index (χ0n) is 16.7. The molecule has 0 spiro atoms. The first kappa shape index (κ1) is 19.7. The maximum atomic E-state index is 13.3. The minimum atomic E-state index is -0.685. The molecule has 2 heterocycles. The number of carbonyl (C=O) groups excluding carboxylic acids is 3. The molecule has 7 heteroatoms. The summed E-state index contributed by atoms with van der Waals surface area (Å²) >= 11 is 6.23. The van der Waals surface area contributed by atoms with Crippen LogP contribution >= 0.6 is 11.6 Å². The van der Waals surface area contributed by atoms with Crippen LogP contribution in [0.2, 0.25) is 5.02 Å². The molecule has 152 valence electrons. The first-order valence-corrected chi connectivity index (χ1v) is 10.0. The van der Waals surface area contributed by atoms with Gasteiger partial charge in [0.1, 0.15) is 5.70 Å². The van der Waals surface area contributed by atoms with Gasteiger partial charge in [-0.1, -0.05) is 37.6 Å². The number of halogens is 1. The topological polar surface area (TPSA) is 75.7 Å². The maximum absolute atomic E-state index is 13.3. The van der Waals surface area contributed by atoms with E-state index in [9.17, 15) is 14.4 Å². The highest BCUT2D eigenvalue weighted by Gasteiger charge is 2.48. The molecule has 1 amide bonds. The van der Waals surface area contributed by atoms with Crippen molar-refractivity contribution in [2.24, 2.45) is 5.41 Å². The fourth-order valence-corrected chi connectivity index (χ4v) is 4.83. The molecule has 1 aromatic rings. The number of hydrogen-bond acceptors (Lipinski definition) is 5. The molecule has 0 aromatic heterocycles. The average molecular weight is 415 g/mol. The molecular formula is C22H23ClN2O4. The van der Waals surface area contributed by atoms with Crippen LogP contribution in [0.15, 0.2) is 46.8 Å². The Bertz CT molecular complexity index is 992. The Morgan fingerprint density at radius 2 is 2.03 bits per heavy atom. The minimum Gasteiger partial charge on any atom is -0.466 e. The number of Topliss-reactive ketones (excluding diaryl/α,β-unsaturated/α-hetero) is 1. The van der Waals surface area contributed by atoms with E-state index in [0.717, 1.165) is 5.70 Å². The first-order chi connectivity index (χ1) is 13.7.